The summed E-state index contributed by atoms with van der Waals surface area (Å²) in [5.41, 5.74) is 7.18. The number of aryl methyl sites for hydroxylation is 1. The standard InChI is InChI=1S/C36H39N3O4/c1-21(36(40)42-3)35(23-5-6-23)25-7-4-22-9-11-32(43-33(22)14-25)24-8-10-30(31-15-34(41-2)38-17-29(31)16-37)28(12-24)20-39-18-26-13-27(26)19-39/h4,7-8,10,12,14-15,17,21,23,26-27,32,35H,5-6,9,11,13,18-20H2,1-3H3/t21-,26?,27?,32?,35-/m0/s1. The van der Waals surface area contributed by atoms with Crippen molar-refractivity contribution >= 4 is 5.97 Å². The second-order valence-electron chi connectivity index (χ2n) is 12.9. The predicted molar refractivity (Wildman–Crippen MR) is 163 cm³/mol. The molecule has 1 aromatic heterocycles. The van der Waals surface area contributed by atoms with Crippen molar-refractivity contribution in [1.29, 1.82) is 5.26 Å². The van der Waals surface area contributed by atoms with Crippen LogP contribution in [0.4, 0.5) is 0 Å². The van der Waals surface area contributed by atoms with Crippen LogP contribution in [0, 0.1) is 35.0 Å². The summed E-state index contributed by atoms with van der Waals surface area (Å²) in [6.07, 6.45) is 7.03. The molecule has 222 valence electrons. The molecule has 2 aliphatic heterocycles. The molecule has 4 aliphatic rings. The van der Waals surface area contributed by atoms with Gasteiger partial charge in [-0.1, -0.05) is 37.3 Å². The normalized spacial score (nSPS) is 23.7. The van der Waals surface area contributed by atoms with Crippen molar-refractivity contribution in [3.63, 3.8) is 0 Å². The van der Waals surface area contributed by atoms with E-state index in [1.165, 1.54) is 30.2 Å². The number of hydrogen-bond acceptors (Lipinski definition) is 7. The molecule has 0 amide bonds. The van der Waals surface area contributed by atoms with Crippen LogP contribution in [0.1, 0.15) is 72.4 Å². The van der Waals surface area contributed by atoms with Crippen molar-refractivity contribution in [3.05, 3.63) is 76.5 Å². The lowest BCUT2D eigenvalue weighted by Gasteiger charge is -2.30. The molecule has 3 heterocycles. The highest BCUT2D eigenvalue weighted by Crippen LogP contribution is 2.49. The molecule has 3 aromatic rings. The molecule has 7 nitrogen and oxygen atoms in total. The van der Waals surface area contributed by atoms with Gasteiger partial charge in [-0.15, -0.1) is 0 Å². The van der Waals surface area contributed by atoms with Crippen molar-refractivity contribution in [2.45, 2.75) is 57.6 Å². The molecule has 2 aliphatic carbocycles. The van der Waals surface area contributed by atoms with E-state index in [4.69, 9.17) is 14.2 Å². The Balaban J connectivity index is 1.20. The van der Waals surface area contributed by atoms with E-state index in [0.29, 0.717) is 17.4 Å². The van der Waals surface area contributed by atoms with Crippen molar-refractivity contribution in [2.24, 2.45) is 23.7 Å². The Morgan fingerprint density at radius 3 is 2.63 bits per heavy atom. The zero-order valence-electron chi connectivity index (χ0n) is 25.2. The first-order valence-electron chi connectivity index (χ1n) is 15.6. The van der Waals surface area contributed by atoms with E-state index in [2.05, 4.69) is 52.4 Å². The Labute approximate surface area is 253 Å². The fourth-order valence-electron chi connectivity index (χ4n) is 7.52. The van der Waals surface area contributed by atoms with Gasteiger partial charge in [0.2, 0.25) is 5.88 Å². The van der Waals surface area contributed by atoms with Crippen LogP contribution in [-0.2, 0) is 22.5 Å². The Morgan fingerprint density at radius 1 is 1.09 bits per heavy atom. The lowest BCUT2D eigenvalue weighted by atomic mass is 9.82. The van der Waals surface area contributed by atoms with E-state index in [-0.39, 0.29) is 23.9 Å². The maximum absolute atomic E-state index is 12.5. The van der Waals surface area contributed by atoms with Crippen molar-refractivity contribution in [2.75, 3.05) is 27.3 Å². The highest BCUT2D eigenvalue weighted by atomic mass is 16.5. The molecule has 3 fully saturated rings. The van der Waals surface area contributed by atoms with Crippen LogP contribution in [0.2, 0.25) is 0 Å². The molecule has 5 atom stereocenters. The van der Waals surface area contributed by atoms with Gasteiger partial charge in [0, 0.05) is 37.5 Å². The fourth-order valence-corrected chi connectivity index (χ4v) is 7.52. The van der Waals surface area contributed by atoms with E-state index in [1.807, 2.05) is 13.0 Å². The number of fused-ring (bicyclic) bond motifs is 2. The molecular weight excluding hydrogens is 538 g/mol. The number of nitriles is 1. The Hall–Kier alpha value is -3.89. The van der Waals surface area contributed by atoms with E-state index >= 15 is 0 Å². The summed E-state index contributed by atoms with van der Waals surface area (Å²) in [6, 6.07) is 17.3. The summed E-state index contributed by atoms with van der Waals surface area (Å²) < 4.78 is 17.3. The van der Waals surface area contributed by atoms with E-state index in [1.54, 1.807) is 13.3 Å². The number of methoxy groups -OCH3 is 2. The van der Waals surface area contributed by atoms with Gasteiger partial charge < -0.3 is 14.2 Å². The van der Waals surface area contributed by atoms with E-state index in [9.17, 15) is 10.1 Å². The van der Waals surface area contributed by atoms with Gasteiger partial charge in [0.25, 0.3) is 0 Å². The largest absolute Gasteiger partial charge is 0.485 e. The summed E-state index contributed by atoms with van der Waals surface area (Å²) >= 11 is 0. The molecule has 0 spiro atoms. The number of rotatable bonds is 9. The van der Waals surface area contributed by atoms with Crippen LogP contribution in [0.25, 0.3) is 11.1 Å². The number of piperidine rings is 1. The molecule has 7 rings (SSSR count). The maximum Gasteiger partial charge on any atom is 0.309 e. The van der Waals surface area contributed by atoms with Gasteiger partial charge in [-0.05, 0) is 89.7 Å². The lowest BCUT2D eigenvalue weighted by molar-refractivity contribution is -0.145. The molecule has 1 saturated heterocycles. The third-order valence-corrected chi connectivity index (χ3v) is 10.1. The number of carbonyl (C=O) groups is 1. The summed E-state index contributed by atoms with van der Waals surface area (Å²) in [4.78, 5) is 19.3. The molecule has 0 bridgehead atoms. The summed E-state index contributed by atoms with van der Waals surface area (Å²) in [5.74, 6) is 3.43. The Morgan fingerprint density at radius 2 is 1.91 bits per heavy atom. The predicted octanol–water partition coefficient (Wildman–Crippen LogP) is 6.45. The van der Waals surface area contributed by atoms with Crippen molar-refractivity contribution < 1.29 is 19.0 Å². The van der Waals surface area contributed by atoms with Crippen LogP contribution < -0.4 is 9.47 Å². The number of carbonyl (C=O) groups excluding carboxylic acids is 1. The quantitative estimate of drug-likeness (QED) is 0.270. The van der Waals surface area contributed by atoms with Crippen LogP contribution in [-0.4, -0.2) is 43.2 Å². The first kappa shape index (κ1) is 27.9. The molecular formula is C36H39N3O4. The second-order valence-corrected chi connectivity index (χ2v) is 12.9. The van der Waals surface area contributed by atoms with Gasteiger partial charge in [-0.2, -0.15) is 5.26 Å². The SMILES string of the molecule is COC(=O)[C@@H](C)[C@H](c1ccc2c(c1)OC(c1ccc(-c3cc(OC)ncc3C#N)c(CN3CC4CC4C3)c1)CC2)C1CC1. The van der Waals surface area contributed by atoms with Crippen molar-refractivity contribution in [3.8, 4) is 28.8 Å². The first-order valence-corrected chi connectivity index (χ1v) is 15.6. The molecule has 0 N–H and O–H groups in total. The summed E-state index contributed by atoms with van der Waals surface area (Å²) in [7, 11) is 3.08. The van der Waals surface area contributed by atoms with Gasteiger partial charge in [0.1, 0.15) is 17.9 Å². The number of benzene rings is 2. The first-order chi connectivity index (χ1) is 20.9. The van der Waals surface area contributed by atoms with Crippen LogP contribution in [0.15, 0.2) is 48.7 Å². The zero-order valence-corrected chi connectivity index (χ0v) is 25.2. The van der Waals surface area contributed by atoms with Gasteiger partial charge in [0.05, 0.1) is 25.7 Å². The van der Waals surface area contributed by atoms with Gasteiger partial charge in [0.15, 0.2) is 0 Å². The molecule has 2 saturated carbocycles. The number of pyridine rings is 1. The molecule has 7 heteroatoms. The van der Waals surface area contributed by atoms with Gasteiger partial charge in [-0.25, -0.2) is 4.98 Å². The monoisotopic (exact) mass is 577 g/mol. The maximum atomic E-state index is 12.5. The lowest BCUT2D eigenvalue weighted by Crippen LogP contribution is -2.23. The van der Waals surface area contributed by atoms with E-state index in [0.717, 1.165) is 79.6 Å². The average molecular weight is 578 g/mol. The number of aromatic nitrogens is 1. The number of esters is 1. The van der Waals surface area contributed by atoms with Crippen molar-refractivity contribution in [1.82, 2.24) is 9.88 Å². The Kier molecular flexibility index (Phi) is 7.34. The fraction of sp³-hybridized carbons (Fsp3) is 0.472. The van der Waals surface area contributed by atoms with Crippen LogP contribution in [0.3, 0.4) is 0 Å². The summed E-state index contributed by atoms with van der Waals surface area (Å²) in [6.45, 7) is 5.11. The molecule has 2 aromatic carbocycles. The molecule has 0 radical (unpaired) electrons. The second kappa shape index (κ2) is 11.3. The molecule has 43 heavy (non-hydrogen) atoms. The molecule has 3 unspecified atom stereocenters. The smallest absolute Gasteiger partial charge is 0.309 e. The third-order valence-electron chi connectivity index (χ3n) is 10.1. The third kappa shape index (κ3) is 5.49. The number of ether oxygens (including phenoxy) is 3. The van der Waals surface area contributed by atoms with Crippen LogP contribution in [0.5, 0.6) is 11.6 Å². The minimum absolute atomic E-state index is 0.0673. The highest BCUT2D eigenvalue weighted by molar-refractivity contribution is 5.75. The number of likely N-dealkylation sites (tertiary alicyclic amines) is 1. The topological polar surface area (TPSA) is 84.7 Å². The summed E-state index contributed by atoms with van der Waals surface area (Å²) in [5, 5.41) is 9.90. The number of nitrogens with zero attached hydrogens (tertiary/aromatic N) is 3. The van der Waals surface area contributed by atoms with Gasteiger partial charge >= 0.3 is 5.97 Å². The van der Waals surface area contributed by atoms with Gasteiger partial charge in [-0.3, -0.25) is 9.69 Å². The minimum atomic E-state index is -0.188. The Bertz CT molecular complexity index is 1580. The number of hydrogen-bond donors (Lipinski definition) is 0. The minimum Gasteiger partial charge on any atom is -0.485 e. The highest BCUT2D eigenvalue weighted by Gasteiger charge is 2.45. The van der Waals surface area contributed by atoms with E-state index < -0.39 is 0 Å². The average Bonchev–Trinajstić information content (AvgIpc) is 3.98. The zero-order chi connectivity index (χ0) is 29.7. The van der Waals surface area contributed by atoms with Crippen LogP contribution >= 0.6 is 0 Å².